The smallest absolute Gasteiger partial charge is 0.244 e. The van der Waals surface area contributed by atoms with E-state index in [0.717, 1.165) is 40.7 Å². The van der Waals surface area contributed by atoms with Gasteiger partial charge in [-0.2, -0.15) is 0 Å². The van der Waals surface area contributed by atoms with E-state index in [1.807, 2.05) is 35.4 Å². The summed E-state index contributed by atoms with van der Waals surface area (Å²) in [6.45, 7) is 1.36. The van der Waals surface area contributed by atoms with Crippen molar-refractivity contribution in [1.82, 2.24) is 15.3 Å². The molecule has 4 heterocycles. The second-order valence-corrected chi connectivity index (χ2v) is 7.00. The van der Waals surface area contributed by atoms with Crippen LogP contribution in [-0.4, -0.2) is 28.5 Å². The van der Waals surface area contributed by atoms with E-state index >= 15 is 0 Å². The Kier molecular flexibility index (Phi) is 4.58. The molecule has 3 aromatic rings. The van der Waals surface area contributed by atoms with Crippen molar-refractivity contribution in [1.29, 1.82) is 0 Å². The summed E-state index contributed by atoms with van der Waals surface area (Å²) >= 11 is 1.58. The lowest BCUT2D eigenvalue weighted by molar-refractivity contribution is -0.121. The van der Waals surface area contributed by atoms with Crippen LogP contribution in [0.5, 0.6) is 0 Å². The lowest BCUT2D eigenvalue weighted by Crippen LogP contribution is -2.50. The van der Waals surface area contributed by atoms with Gasteiger partial charge in [0.1, 0.15) is 0 Å². The Hall–Kier alpha value is -2.51. The molecule has 25 heavy (non-hydrogen) atoms. The fraction of sp³-hybridized carbons (Fsp3) is 0.278. The third-order valence-electron chi connectivity index (χ3n) is 4.20. The van der Waals surface area contributed by atoms with E-state index in [1.54, 1.807) is 30.0 Å². The first kappa shape index (κ1) is 16.0. The van der Waals surface area contributed by atoms with Crippen molar-refractivity contribution < 1.29 is 9.21 Å². The minimum Gasteiger partial charge on any atom is -0.462 e. The Morgan fingerprint density at radius 3 is 3.08 bits per heavy atom. The molecule has 4 rings (SSSR count). The summed E-state index contributed by atoms with van der Waals surface area (Å²) in [4.78, 5) is 24.1. The van der Waals surface area contributed by atoms with Crippen LogP contribution >= 0.6 is 11.3 Å². The summed E-state index contributed by atoms with van der Waals surface area (Å²) in [5.74, 6) is 0.878. The highest BCUT2D eigenvalue weighted by molar-refractivity contribution is 7.14. The molecule has 1 amide bonds. The molecule has 0 bridgehead atoms. The number of nitrogens with zero attached hydrogens (tertiary/aromatic N) is 3. The van der Waals surface area contributed by atoms with Crippen LogP contribution in [0.3, 0.4) is 0 Å². The van der Waals surface area contributed by atoms with E-state index in [2.05, 4.69) is 15.3 Å². The molecule has 1 atom stereocenters. The maximum absolute atomic E-state index is 12.7. The Balaban J connectivity index is 1.40. The summed E-state index contributed by atoms with van der Waals surface area (Å²) < 4.78 is 5.37. The van der Waals surface area contributed by atoms with E-state index in [1.165, 1.54) is 0 Å². The highest BCUT2D eigenvalue weighted by Gasteiger charge is 2.29. The molecule has 6 nitrogen and oxygen atoms in total. The number of thiazole rings is 1. The molecule has 1 aliphatic heterocycles. The van der Waals surface area contributed by atoms with Crippen molar-refractivity contribution in [2.75, 3.05) is 11.4 Å². The quantitative estimate of drug-likeness (QED) is 0.762. The van der Waals surface area contributed by atoms with Crippen LogP contribution in [0.15, 0.2) is 53.5 Å². The fourth-order valence-corrected chi connectivity index (χ4v) is 3.79. The second kappa shape index (κ2) is 7.16. The van der Waals surface area contributed by atoms with Gasteiger partial charge in [0.15, 0.2) is 10.8 Å². The van der Waals surface area contributed by atoms with Gasteiger partial charge in [-0.3, -0.25) is 9.78 Å². The third kappa shape index (κ3) is 3.47. The summed E-state index contributed by atoms with van der Waals surface area (Å²) in [5.41, 5.74) is 0.858. The molecule has 1 unspecified atom stereocenters. The minimum absolute atomic E-state index is 0.107. The van der Waals surface area contributed by atoms with Gasteiger partial charge in [-0.05, 0) is 37.1 Å². The van der Waals surface area contributed by atoms with Crippen molar-refractivity contribution >= 4 is 22.9 Å². The van der Waals surface area contributed by atoms with Crippen LogP contribution in [0.25, 0.3) is 10.8 Å². The van der Waals surface area contributed by atoms with Gasteiger partial charge in [0.05, 0.1) is 24.2 Å². The van der Waals surface area contributed by atoms with Crippen LogP contribution in [0.1, 0.15) is 17.7 Å². The van der Waals surface area contributed by atoms with Gasteiger partial charge < -0.3 is 14.6 Å². The van der Waals surface area contributed by atoms with Crippen LogP contribution in [0.2, 0.25) is 0 Å². The Labute approximate surface area is 149 Å². The largest absolute Gasteiger partial charge is 0.462 e. The monoisotopic (exact) mass is 354 g/mol. The predicted molar refractivity (Wildman–Crippen MR) is 96.3 cm³/mol. The predicted octanol–water partition coefficient (Wildman–Crippen LogP) is 3.08. The summed E-state index contributed by atoms with van der Waals surface area (Å²) in [5, 5.41) is 4.23. The van der Waals surface area contributed by atoms with Gasteiger partial charge in [-0.1, -0.05) is 0 Å². The standard InChI is InChI=1S/C18H18N4O2S/c23-18-15(5-2-8-22(18)13-4-1-7-19-10-13)20-11-14-12-21-17(25-14)16-6-3-9-24-16/h1,3-4,6-7,9-10,12,15,20H,2,5,8,11H2. The van der Waals surface area contributed by atoms with Gasteiger partial charge >= 0.3 is 0 Å². The number of furan rings is 1. The molecule has 7 heteroatoms. The van der Waals surface area contributed by atoms with Crippen molar-refractivity contribution in [3.05, 3.63) is 54.0 Å². The Morgan fingerprint density at radius 1 is 1.32 bits per heavy atom. The molecule has 1 fully saturated rings. The van der Waals surface area contributed by atoms with Crippen LogP contribution in [0, 0.1) is 0 Å². The van der Waals surface area contributed by atoms with E-state index in [4.69, 9.17) is 4.42 Å². The van der Waals surface area contributed by atoms with Crippen molar-refractivity contribution in [3.8, 4) is 10.8 Å². The molecular formula is C18H18N4O2S. The number of pyridine rings is 1. The number of piperidine rings is 1. The van der Waals surface area contributed by atoms with Gasteiger partial charge in [0.2, 0.25) is 5.91 Å². The van der Waals surface area contributed by atoms with E-state index in [9.17, 15) is 4.79 Å². The number of anilines is 1. The van der Waals surface area contributed by atoms with E-state index in [-0.39, 0.29) is 11.9 Å². The second-order valence-electron chi connectivity index (χ2n) is 5.89. The lowest BCUT2D eigenvalue weighted by Gasteiger charge is -2.32. The average Bonchev–Trinajstić information content (AvgIpc) is 3.33. The Bertz CT molecular complexity index is 832. The zero-order valence-corrected chi connectivity index (χ0v) is 14.4. The van der Waals surface area contributed by atoms with Gasteiger partial charge in [0, 0.05) is 30.4 Å². The molecule has 1 aliphatic rings. The van der Waals surface area contributed by atoms with Crippen LogP contribution in [0.4, 0.5) is 5.69 Å². The minimum atomic E-state index is -0.178. The first-order chi connectivity index (χ1) is 12.3. The number of carbonyl (C=O) groups is 1. The van der Waals surface area contributed by atoms with Crippen molar-refractivity contribution in [2.45, 2.75) is 25.4 Å². The first-order valence-corrected chi connectivity index (χ1v) is 9.06. The highest BCUT2D eigenvalue weighted by Crippen LogP contribution is 2.26. The number of nitrogens with one attached hydrogen (secondary N) is 1. The lowest BCUT2D eigenvalue weighted by atomic mass is 10.0. The molecule has 0 spiro atoms. The molecule has 0 aromatic carbocycles. The van der Waals surface area contributed by atoms with Gasteiger partial charge in [-0.25, -0.2) is 4.98 Å². The number of rotatable bonds is 5. The molecule has 0 aliphatic carbocycles. The van der Waals surface area contributed by atoms with Gasteiger partial charge in [-0.15, -0.1) is 11.3 Å². The summed E-state index contributed by atoms with van der Waals surface area (Å²) in [6, 6.07) is 7.34. The zero-order chi connectivity index (χ0) is 17.1. The molecule has 128 valence electrons. The maximum Gasteiger partial charge on any atom is 0.244 e. The molecule has 0 radical (unpaired) electrons. The summed E-state index contributed by atoms with van der Waals surface area (Å²) in [7, 11) is 0. The van der Waals surface area contributed by atoms with Gasteiger partial charge in [0.25, 0.3) is 0 Å². The normalized spacial score (nSPS) is 17.8. The molecule has 1 saturated heterocycles. The Morgan fingerprint density at radius 2 is 2.28 bits per heavy atom. The van der Waals surface area contributed by atoms with Crippen LogP contribution in [-0.2, 0) is 11.3 Å². The van der Waals surface area contributed by atoms with E-state index in [0.29, 0.717) is 6.54 Å². The number of hydrogen-bond acceptors (Lipinski definition) is 6. The number of amides is 1. The zero-order valence-electron chi connectivity index (χ0n) is 13.6. The number of aromatic nitrogens is 2. The number of hydrogen-bond donors (Lipinski definition) is 1. The van der Waals surface area contributed by atoms with Crippen molar-refractivity contribution in [2.24, 2.45) is 0 Å². The first-order valence-electron chi connectivity index (χ1n) is 8.24. The topological polar surface area (TPSA) is 71.3 Å². The molecule has 3 aromatic heterocycles. The summed E-state index contributed by atoms with van der Waals surface area (Å²) in [6.07, 6.45) is 8.75. The molecule has 1 N–H and O–H groups in total. The van der Waals surface area contributed by atoms with Crippen molar-refractivity contribution in [3.63, 3.8) is 0 Å². The third-order valence-corrected chi connectivity index (χ3v) is 5.22. The van der Waals surface area contributed by atoms with Crippen LogP contribution < -0.4 is 10.2 Å². The molecular weight excluding hydrogens is 336 g/mol. The average molecular weight is 354 g/mol. The van der Waals surface area contributed by atoms with E-state index < -0.39 is 0 Å². The SMILES string of the molecule is O=C1C(NCc2cnc(-c3ccco3)s2)CCCN1c1cccnc1. The fourth-order valence-electron chi connectivity index (χ4n) is 2.96. The number of carbonyl (C=O) groups excluding carboxylic acids is 1. The highest BCUT2D eigenvalue weighted by atomic mass is 32.1. The molecule has 0 saturated carbocycles. The maximum atomic E-state index is 12.7.